The molecule has 1 aliphatic heterocycles. The van der Waals surface area contributed by atoms with Gasteiger partial charge in [0.15, 0.2) is 0 Å². The molecule has 0 radical (unpaired) electrons. The minimum Gasteiger partial charge on any atom is -0.497 e. The third-order valence-electron chi connectivity index (χ3n) is 9.24. The van der Waals surface area contributed by atoms with Crippen LogP contribution in [0.25, 0.3) is 0 Å². The van der Waals surface area contributed by atoms with Crippen LogP contribution in [0.2, 0.25) is 0 Å². The number of amides is 2. The molecular formula is C36H53N3O7. The molecule has 10 nitrogen and oxygen atoms in total. The molecule has 2 fully saturated rings. The average molecular weight is 640 g/mol. The van der Waals surface area contributed by atoms with E-state index in [0.717, 1.165) is 49.7 Å². The number of ether oxygens (including phenoxy) is 4. The Balaban J connectivity index is 1.36. The first-order chi connectivity index (χ1) is 22.4. The Morgan fingerprint density at radius 2 is 1.67 bits per heavy atom. The van der Waals surface area contributed by atoms with Crippen molar-refractivity contribution >= 4 is 11.8 Å². The highest BCUT2D eigenvalue weighted by atomic mass is 16.5. The van der Waals surface area contributed by atoms with Crippen molar-refractivity contribution in [1.82, 2.24) is 15.5 Å². The molecule has 1 aliphatic carbocycles. The molecule has 1 saturated heterocycles. The Hall–Kier alpha value is -3.18. The van der Waals surface area contributed by atoms with Crippen LogP contribution in [0.5, 0.6) is 11.5 Å². The predicted molar refractivity (Wildman–Crippen MR) is 177 cm³/mol. The molecule has 0 spiro atoms. The molecule has 10 heteroatoms. The number of aliphatic hydroxyl groups excluding tert-OH is 1. The molecule has 254 valence electrons. The monoisotopic (exact) mass is 639 g/mol. The zero-order valence-corrected chi connectivity index (χ0v) is 27.7. The van der Waals surface area contributed by atoms with Crippen LogP contribution >= 0.6 is 0 Å². The highest BCUT2D eigenvalue weighted by molar-refractivity contribution is 6.35. The third-order valence-corrected chi connectivity index (χ3v) is 9.24. The summed E-state index contributed by atoms with van der Waals surface area (Å²) in [5, 5.41) is 17.6. The van der Waals surface area contributed by atoms with Crippen LogP contribution in [0.15, 0.2) is 48.5 Å². The molecule has 46 heavy (non-hydrogen) atoms. The van der Waals surface area contributed by atoms with Crippen LogP contribution in [-0.2, 0) is 25.6 Å². The van der Waals surface area contributed by atoms with E-state index in [0.29, 0.717) is 56.7 Å². The molecule has 2 amide bonds. The lowest BCUT2D eigenvalue weighted by Crippen LogP contribution is -2.52. The van der Waals surface area contributed by atoms with Crippen molar-refractivity contribution in [2.45, 2.75) is 76.2 Å². The normalized spacial score (nSPS) is 19.0. The second-order valence-electron chi connectivity index (χ2n) is 12.6. The molecule has 3 N–H and O–H groups in total. The fourth-order valence-corrected chi connectivity index (χ4v) is 6.72. The molecule has 1 heterocycles. The molecule has 4 atom stereocenters. The Morgan fingerprint density at radius 3 is 2.35 bits per heavy atom. The van der Waals surface area contributed by atoms with Crippen molar-refractivity contribution in [1.29, 1.82) is 0 Å². The van der Waals surface area contributed by atoms with Crippen LogP contribution in [-0.4, -0.2) is 88.1 Å². The number of nitrogens with zero attached hydrogens (tertiary/aromatic N) is 1. The van der Waals surface area contributed by atoms with Crippen molar-refractivity contribution in [3.8, 4) is 11.5 Å². The number of likely N-dealkylation sites (tertiary alicyclic amines) is 1. The number of methoxy groups -OCH3 is 3. The van der Waals surface area contributed by atoms with Gasteiger partial charge in [0.1, 0.15) is 11.5 Å². The van der Waals surface area contributed by atoms with Crippen LogP contribution in [0.3, 0.4) is 0 Å². The minimum absolute atomic E-state index is 0.0738. The van der Waals surface area contributed by atoms with Gasteiger partial charge < -0.3 is 39.6 Å². The van der Waals surface area contributed by atoms with E-state index in [1.807, 2.05) is 48.5 Å². The Labute approximate surface area is 274 Å². The molecule has 0 aromatic heterocycles. The van der Waals surface area contributed by atoms with Gasteiger partial charge in [-0.1, -0.05) is 62.4 Å². The van der Waals surface area contributed by atoms with Gasteiger partial charge in [-0.25, -0.2) is 0 Å². The van der Waals surface area contributed by atoms with Crippen molar-refractivity contribution < 1.29 is 33.6 Å². The lowest BCUT2D eigenvalue weighted by Gasteiger charge is -2.30. The number of carbonyl (C=O) groups excluding carboxylic acids is 2. The highest BCUT2D eigenvalue weighted by Crippen LogP contribution is 2.34. The maximum atomic E-state index is 13.5. The van der Waals surface area contributed by atoms with E-state index < -0.39 is 24.0 Å². The number of aliphatic hydroxyl groups is 1. The van der Waals surface area contributed by atoms with Gasteiger partial charge in [0.2, 0.25) is 0 Å². The first kappa shape index (κ1) is 35.7. The molecule has 2 aromatic rings. The summed E-state index contributed by atoms with van der Waals surface area (Å²) in [5.41, 5.74) is 2.02. The van der Waals surface area contributed by atoms with Crippen molar-refractivity contribution in [3.63, 3.8) is 0 Å². The van der Waals surface area contributed by atoms with Crippen LogP contribution in [0.1, 0.15) is 68.6 Å². The summed E-state index contributed by atoms with van der Waals surface area (Å²) >= 11 is 0. The van der Waals surface area contributed by atoms with Crippen molar-refractivity contribution in [2.75, 3.05) is 54.2 Å². The fraction of sp³-hybridized carbons (Fsp3) is 0.611. The van der Waals surface area contributed by atoms with Gasteiger partial charge in [0.05, 0.1) is 32.5 Å². The summed E-state index contributed by atoms with van der Waals surface area (Å²) in [6.45, 7) is 2.85. The number of hydrogen-bond donors (Lipinski definition) is 3. The standard InChI is InChI=1S/C36H53N3O7/c1-43-17-10-18-46-34(28-13-8-5-9-14-28)29-15-16-39(25-29)36(42)35(41)38-32(21-26-11-6-4-7-12-26)33(40)24-37-23-27-19-30(44-2)22-31(20-27)45-3/h5,8-9,13-14,19-20,22,26,29,32-34,37,40H,4,6-7,10-12,15-18,21,23-25H2,1-3H3,(H,38,41)/t29?,32-,33+,34?/m0/s1. The molecule has 2 aromatic carbocycles. The number of hydrogen-bond acceptors (Lipinski definition) is 8. The smallest absolute Gasteiger partial charge is 0.311 e. The maximum Gasteiger partial charge on any atom is 0.311 e. The summed E-state index contributed by atoms with van der Waals surface area (Å²) in [6.07, 6.45) is 6.81. The summed E-state index contributed by atoms with van der Waals surface area (Å²) in [5.74, 6) is 0.652. The molecular weight excluding hydrogens is 586 g/mol. The number of nitrogens with one attached hydrogen (secondary N) is 2. The second kappa shape index (κ2) is 18.8. The van der Waals surface area contributed by atoms with Crippen LogP contribution < -0.4 is 20.1 Å². The van der Waals surface area contributed by atoms with Gasteiger partial charge in [-0.05, 0) is 48.4 Å². The van der Waals surface area contributed by atoms with E-state index in [1.54, 1.807) is 26.2 Å². The fourth-order valence-electron chi connectivity index (χ4n) is 6.72. The van der Waals surface area contributed by atoms with E-state index >= 15 is 0 Å². The first-order valence-corrected chi connectivity index (χ1v) is 16.8. The van der Waals surface area contributed by atoms with Gasteiger partial charge in [0, 0.05) is 58.5 Å². The third kappa shape index (κ3) is 10.7. The van der Waals surface area contributed by atoms with E-state index in [9.17, 15) is 14.7 Å². The lowest BCUT2D eigenvalue weighted by atomic mass is 9.83. The SMILES string of the molecule is COCCCOC(c1ccccc1)C1CCN(C(=O)C(=O)N[C@@H](CC2CCCCC2)[C@H](O)CNCc2cc(OC)cc(OC)c2)C1. The molecule has 2 aliphatic rings. The average Bonchev–Trinajstić information content (AvgIpc) is 3.58. The molecule has 4 rings (SSSR count). The predicted octanol–water partition coefficient (Wildman–Crippen LogP) is 4.25. The summed E-state index contributed by atoms with van der Waals surface area (Å²) in [6, 6.07) is 15.2. The summed E-state index contributed by atoms with van der Waals surface area (Å²) < 4.78 is 22.2. The van der Waals surface area contributed by atoms with Gasteiger partial charge >= 0.3 is 11.8 Å². The maximum absolute atomic E-state index is 13.5. The second-order valence-corrected chi connectivity index (χ2v) is 12.6. The van der Waals surface area contributed by atoms with E-state index in [4.69, 9.17) is 18.9 Å². The first-order valence-electron chi connectivity index (χ1n) is 16.8. The lowest BCUT2D eigenvalue weighted by molar-refractivity contribution is -0.146. The van der Waals surface area contributed by atoms with Crippen LogP contribution in [0.4, 0.5) is 0 Å². The van der Waals surface area contributed by atoms with Gasteiger partial charge in [-0.3, -0.25) is 9.59 Å². The molecule has 2 unspecified atom stereocenters. The van der Waals surface area contributed by atoms with Crippen molar-refractivity contribution in [2.24, 2.45) is 11.8 Å². The van der Waals surface area contributed by atoms with E-state index in [1.165, 1.54) is 6.42 Å². The quantitative estimate of drug-likeness (QED) is 0.174. The topological polar surface area (TPSA) is 119 Å². The van der Waals surface area contributed by atoms with Crippen LogP contribution in [0, 0.1) is 11.8 Å². The van der Waals surface area contributed by atoms with Gasteiger partial charge in [-0.15, -0.1) is 0 Å². The van der Waals surface area contributed by atoms with Gasteiger partial charge in [0.25, 0.3) is 0 Å². The van der Waals surface area contributed by atoms with Crippen molar-refractivity contribution in [3.05, 3.63) is 59.7 Å². The highest BCUT2D eigenvalue weighted by Gasteiger charge is 2.37. The van der Waals surface area contributed by atoms with E-state index in [2.05, 4.69) is 10.6 Å². The largest absolute Gasteiger partial charge is 0.497 e. The molecule has 0 bridgehead atoms. The molecule has 1 saturated carbocycles. The summed E-state index contributed by atoms with van der Waals surface area (Å²) in [7, 11) is 4.89. The zero-order valence-electron chi connectivity index (χ0n) is 27.7. The Kier molecular flexibility index (Phi) is 14.6. The number of rotatable bonds is 17. The summed E-state index contributed by atoms with van der Waals surface area (Å²) in [4.78, 5) is 28.5. The van der Waals surface area contributed by atoms with E-state index in [-0.39, 0.29) is 18.6 Å². The Morgan fingerprint density at radius 1 is 0.957 bits per heavy atom. The van der Waals surface area contributed by atoms with Gasteiger partial charge in [-0.2, -0.15) is 0 Å². The minimum atomic E-state index is -0.861. The number of carbonyl (C=O) groups is 2. The number of benzene rings is 2. The Bertz CT molecular complexity index is 1190. The zero-order chi connectivity index (χ0) is 32.7.